The van der Waals surface area contributed by atoms with Crippen LogP contribution >= 0.6 is 0 Å². The normalized spacial score (nSPS) is 14.7. The van der Waals surface area contributed by atoms with Crippen molar-refractivity contribution in [1.82, 2.24) is 0 Å². The van der Waals surface area contributed by atoms with E-state index in [1.807, 2.05) is 0 Å². The van der Waals surface area contributed by atoms with Crippen LogP contribution in [0, 0.1) is 0 Å². The van der Waals surface area contributed by atoms with Gasteiger partial charge >= 0.3 is 103 Å². The average molecular weight is 414 g/mol. The van der Waals surface area contributed by atoms with Crippen molar-refractivity contribution in [2.75, 3.05) is 0 Å². The fourth-order valence-electron chi connectivity index (χ4n) is 0.280. The molecule has 0 aromatic heterocycles. The molecule has 0 N–H and O–H groups in total. The molecule has 0 atom stereocenters. The molecule has 0 rings (SSSR count). The standard InChI is InChI=1S/2CHF3O3S.In.H/c2*2-1(3,4)8(5,6)7;;/h2*(H,5,6,7);;/q;;+2;/p-2. The van der Waals surface area contributed by atoms with Gasteiger partial charge in [-0.2, -0.15) is 0 Å². The van der Waals surface area contributed by atoms with Crippen LogP contribution in [-0.4, -0.2) is 51.6 Å². The fraction of sp³-hybridized carbons (Fsp3) is 1.00. The monoisotopic (exact) mass is 414 g/mol. The molecule has 0 heterocycles. The number of hydrogen-bond donors (Lipinski definition) is 0. The summed E-state index contributed by atoms with van der Waals surface area (Å²) in [6.07, 6.45) is 0. The van der Waals surface area contributed by atoms with Crippen LogP contribution in [0.3, 0.4) is 0 Å². The fourth-order valence-corrected chi connectivity index (χ4v) is 6.42. The summed E-state index contributed by atoms with van der Waals surface area (Å²) in [5, 5.41) is 0. The molecule has 0 spiro atoms. The molecule has 0 aromatic carbocycles. The van der Waals surface area contributed by atoms with Crippen molar-refractivity contribution in [3.05, 3.63) is 0 Å². The zero-order valence-electron chi connectivity index (χ0n) is 7.24. The zero-order chi connectivity index (χ0) is 14.1. The summed E-state index contributed by atoms with van der Waals surface area (Å²) in [6.45, 7) is 0. The van der Waals surface area contributed by atoms with Gasteiger partial charge in [0.05, 0.1) is 0 Å². The molecular weight excluding hydrogens is 413 g/mol. The second-order valence-electron chi connectivity index (χ2n) is 2.15. The van der Waals surface area contributed by atoms with Gasteiger partial charge in [-0.1, -0.05) is 0 Å². The predicted molar refractivity (Wildman–Crippen MR) is 39.3 cm³/mol. The van der Waals surface area contributed by atoms with E-state index in [1.165, 1.54) is 0 Å². The van der Waals surface area contributed by atoms with Gasteiger partial charge in [0.15, 0.2) is 0 Å². The predicted octanol–water partition coefficient (Wildman–Crippen LogP) is -0.0147. The number of rotatable bonds is 4. The first kappa shape index (κ1) is 17.3. The molecule has 0 saturated carbocycles. The van der Waals surface area contributed by atoms with Crippen molar-refractivity contribution in [3.8, 4) is 0 Å². The summed E-state index contributed by atoms with van der Waals surface area (Å²) in [5.41, 5.74) is -11.7. The second kappa shape index (κ2) is 5.10. The zero-order valence-corrected chi connectivity index (χ0v) is 12.9. The van der Waals surface area contributed by atoms with Crippen molar-refractivity contribution in [2.45, 2.75) is 11.0 Å². The SMILES string of the molecule is O=S(=O)([O][InH][O]S(=O)(=O)C(F)(F)F)C(F)(F)F. The van der Waals surface area contributed by atoms with Crippen LogP contribution in [0.2, 0.25) is 0 Å². The number of hydrogen-bond acceptors (Lipinski definition) is 6. The quantitative estimate of drug-likeness (QED) is 0.475. The van der Waals surface area contributed by atoms with E-state index in [-0.39, 0.29) is 0 Å². The maximum absolute atomic E-state index is 11.6. The molecule has 0 bridgehead atoms. The van der Waals surface area contributed by atoms with Gasteiger partial charge in [-0.3, -0.25) is 0 Å². The number of alkyl halides is 6. The molecule has 0 saturated heterocycles. The van der Waals surface area contributed by atoms with E-state index >= 15 is 0 Å². The minimum atomic E-state index is -6.13. The van der Waals surface area contributed by atoms with E-state index in [1.54, 1.807) is 0 Å². The van der Waals surface area contributed by atoms with E-state index in [9.17, 15) is 43.2 Å². The van der Waals surface area contributed by atoms with E-state index < -0.39 is 55.0 Å². The molecule has 102 valence electrons. The molecule has 0 radical (unpaired) electrons. The summed E-state index contributed by atoms with van der Waals surface area (Å²) in [6, 6.07) is 0. The van der Waals surface area contributed by atoms with Crippen LogP contribution in [0.25, 0.3) is 0 Å². The van der Waals surface area contributed by atoms with Gasteiger partial charge in [0.25, 0.3) is 0 Å². The Morgan fingerprint density at radius 2 is 0.941 bits per heavy atom. The summed E-state index contributed by atoms with van der Waals surface area (Å²) < 4.78 is 116. The molecule has 0 aromatic rings. The van der Waals surface area contributed by atoms with Crippen molar-refractivity contribution in [3.63, 3.8) is 0 Å². The molecule has 6 nitrogen and oxygen atoms in total. The minimum absolute atomic E-state index is 3.08. The van der Waals surface area contributed by atoms with Gasteiger partial charge in [0.2, 0.25) is 0 Å². The van der Waals surface area contributed by atoms with Crippen molar-refractivity contribution in [1.29, 1.82) is 0 Å². The molecule has 0 aliphatic carbocycles. The van der Waals surface area contributed by atoms with Gasteiger partial charge in [0.1, 0.15) is 0 Å². The van der Waals surface area contributed by atoms with Crippen LogP contribution in [0.4, 0.5) is 26.3 Å². The molecule has 0 fully saturated rings. The van der Waals surface area contributed by atoms with Crippen LogP contribution in [0.15, 0.2) is 0 Å². The van der Waals surface area contributed by atoms with Gasteiger partial charge < -0.3 is 0 Å². The average Bonchev–Trinajstić information content (AvgIpc) is 1.98. The second-order valence-corrected chi connectivity index (χ2v) is 10.1. The summed E-state index contributed by atoms with van der Waals surface area (Å²) in [5.74, 6) is 0. The molecule has 0 amide bonds. The Kier molecular flexibility index (Phi) is 5.18. The van der Waals surface area contributed by atoms with Crippen molar-refractivity contribution >= 4 is 44.0 Å². The first-order chi connectivity index (χ1) is 7.21. The summed E-state index contributed by atoms with van der Waals surface area (Å²) in [4.78, 5) is 0. The van der Waals surface area contributed by atoms with Crippen molar-refractivity contribution in [2.24, 2.45) is 0 Å². The molecule has 17 heavy (non-hydrogen) atoms. The Balaban J connectivity index is 4.58. The van der Waals surface area contributed by atoms with Gasteiger partial charge in [-0.25, -0.2) is 0 Å². The molecule has 0 unspecified atom stereocenters. The van der Waals surface area contributed by atoms with Crippen LogP contribution < -0.4 is 0 Å². The third kappa shape index (κ3) is 4.80. The third-order valence-corrected chi connectivity index (χ3v) is 9.88. The number of halogens is 6. The van der Waals surface area contributed by atoms with E-state index in [4.69, 9.17) is 0 Å². The Hall–Kier alpha value is 0.270. The first-order valence-electron chi connectivity index (χ1n) is 3.12. The topological polar surface area (TPSA) is 86.7 Å². The van der Waals surface area contributed by atoms with Crippen LogP contribution in [0.5, 0.6) is 0 Å². The summed E-state index contributed by atoms with van der Waals surface area (Å²) in [7, 11) is -12.3. The Labute approximate surface area is 103 Å². The molecule has 0 aliphatic rings. The maximum atomic E-state index is 11.6. The van der Waals surface area contributed by atoms with Gasteiger partial charge in [-0.15, -0.1) is 0 Å². The van der Waals surface area contributed by atoms with Gasteiger partial charge in [0, 0.05) is 0 Å². The van der Waals surface area contributed by atoms with E-state index in [2.05, 4.69) is 4.60 Å². The van der Waals surface area contributed by atoms with Gasteiger partial charge in [-0.05, 0) is 0 Å². The van der Waals surface area contributed by atoms with Crippen LogP contribution in [-0.2, 0) is 24.8 Å². The van der Waals surface area contributed by atoms with Crippen molar-refractivity contribution < 1.29 is 47.8 Å². The third-order valence-electron chi connectivity index (χ3n) is 0.973. The Morgan fingerprint density at radius 3 is 1.12 bits per heavy atom. The summed E-state index contributed by atoms with van der Waals surface area (Å²) >= 11 is -4.24. The van der Waals surface area contributed by atoms with E-state index in [0.29, 0.717) is 0 Å². The first-order valence-corrected chi connectivity index (χ1v) is 9.23. The van der Waals surface area contributed by atoms with E-state index in [0.717, 1.165) is 0 Å². The Morgan fingerprint density at radius 1 is 0.706 bits per heavy atom. The Bertz CT molecular complexity index is 414. The molecule has 0 aliphatic heterocycles. The van der Waals surface area contributed by atoms with Crippen LogP contribution in [0.1, 0.15) is 0 Å². The molecular formula is C2HF6InO6S2. The molecule has 15 heteroatoms.